The van der Waals surface area contributed by atoms with Gasteiger partial charge in [-0.1, -0.05) is 12.8 Å². The zero-order chi connectivity index (χ0) is 27.5. The van der Waals surface area contributed by atoms with Crippen molar-refractivity contribution >= 4 is 45.9 Å². The predicted molar refractivity (Wildman–Crippen MR) is 147 cm³/mol. The van der Waals surface area contributed by atoms with E-state index in [0.717, 1.165) is 17.6 Å². The number of carboxylic acid groups (broad SMARTS) is 1. The first-order valence-electron chi connectivity index (χ1n) is 13.1. The highest BCUT2D eigenvalue weighted by atomic mass is 32.1. The molecular formula is C27H30N8O3S. The van der Waals surface area contributed by atoms with Crippen LogP contribution in [0.1, 0.15) is 62.7 Å². The molecule has 6 rings (SSSR count). The second-order valence-electron chi connectivity index (χ2n) is 11.3. The van der Waals surface area contributed by atoms with Gasteiger partial charge in [0.15, 0.2) is 11.5 Å². The molecule has 1 unspecified atom stereocenters. The van der Waals surface area contributed by atoms with Gasteiger partial charge in [-0.2, -0.15) is 5.10 Å². The molecule has 1 saturated carbocycles. The Hall–Kier alpha value is -3.93. The number of carbonyl (C=O) groups is 2. The Labute approximate surface area is 228 Å². The number of carboxylic acids is 1. The van der Waals surface area contributed by atoms with Crippen LogP contribution in [0.25, 0.3) is 22.6 Å². The molecule has 1 amide bonds. The number of pyridine rings is 1. The van der Waals surface area contributed by atoms with E-state index >= 15 is 0 Å². The highest BCUT2D eigenvalue weighted by Gasteiger charge is 2.50. The van der Waals surface area contributed by atoms with E-state index in [2.05, 4.69) is 20.3 Å². The molecule has 0 bridgehead atoms. The van der Waals surface area contributed by atoms with Crippen LogP contribution in [-0.2, 0) is 28.0 Å². The number of nitrogens with zero attached hydrogens (tertiary/aromatic N) is 6. The summed E-state index contributed by atoms with van der Waals surface area (Å²) in [6.07, 6.45) is 6.84. The summed E-state index contributed by atoms with van der Waals surface area (Å²) in [6.45, 7) is 5.83. The summed E-state index contributed by atoms with van der Waals surface area (Å²) in [4.78, 5) is 43.5. The van der Waals surface area contributed by atoms with Crippen LogP contribution in [0, 0.1) is 11.3 Å². The van der Waals surface area contributed by atoms with Gasteiger partial charge in [-0.05, 0) is 51.7 Å². The first-order valence-corrected chi connectivity index (χ1v) is 14.0. The molecule has 2 aliphatic rings. The van der Waals surface area contributed by atoms with E-state index in [4.69, 9.17) is 15.8 Å². The van der Waals surface area contributed by atoms with E-state index < -0.39 is 16.8 Å². The van der Waals surface area contributed by atoms with Gasteiger partial charge in [-0.15, -0.1) is 11.3 Å². The Morgan fingerprint density at radius 1 is 1.28 bits per heavy atom. The number of hydrogen-bond donors (Lipinski definition) is 3. The lowest BCUT2D eigenvalue weighted by Crippen LogP contribution is -2.33. The van der Waals surface area contributed by atoms with Crippen LogP contribution in [-0.4, -0.2) is 46.7 Å². The Morgan fingerprint density at radius 2 is 2.05 bits per heavy atom. The van der Waals surface area contributed by atoms with Gasteiger partial charge in [-0.25, -0.2) is 24.6 Å². The Bertz CT molecular complexity index is 1620. The third-order valence-electron chi connectivity index (χ3n) is 7.93. The number of amides is 1. The van der Waals surface area contributed by atoms with Crippen LogP contribution >= 0.6 is 11.3 Å². The van der Waals surface area contributed by atoms with Crippen molar-refractivity contribution in [3.63, 3.8) is 0 Å². The van der Waals surface area contributed by atoms with Crippen molar-refractivity contribution in [2.24, 2.45) is 11.3 Å². The molecule has 4 aromatic heterocycles. The van der Waals surface area contributed by atoms with E-state index in [1.165, 1.54) is 37.0 Å². The first-order chi connectivity index (χ1) is 18.6. The molecule has 1 fully saturated rings. The number of aromatic nitrogens is 6. The fourth-order valence-corrected chi connectivity index (χ4v) is 6.59. The van der Waals surface area contributed by atoms with Crippen molar-refractivity contribution in [2.75, 3.05) is 11.1 Å². The molecule has 0 spiro atoms. The van der Waals surface area contributed by atoms with E-state index in [0.29, 0.717) is 39.5 Å². The monoisotopic (exact) mass is 546 g/mol. The molecular weight excluding hydrogens is 516 g/mol. The number of rotatable bonds is 7. The van der Waals surface area contributed by atoms with E-state index in [1.54, 1.807) is 32.3 Å². The summed E-state index contributed by atoms with van der Waals surface area (Å²) >= 11 is 1.29. The van der Waals surface area contributed by atoms with Crippen molar-refractivity contribution in [2.45, 2.75) is 64.8 Å². The average Bonchev–Trinajstić information content (AvgIpc) is 3.67. The topological polar surface area (TPSA) is 162 Å². The third kappa shape index (κ3) is 4.13. The zero-order valence-corrected chi connectivity index (χ0v) is 22.9. The molecule has 4 aromatic rings. The molecule has 202 valence electrons. The largest absolute Gasteiger partial charge is 0.481 e. The second kappa shape index (κ2) is 9.08. The molecule has 1 atom stereocenters. The fourth-order valence-electron chi connectivity index (χ4n) is 5.60. The Balaban J connectivity index is 1.39. The van der Waals surface area contributed by atoms with Gasteiger partial charge >= 0.3 is 5.97 Å². The van der Waals surface area contributed by atoms with Gasteiger partial charge in [-0.3, -0.25) is 9.59 Å². The van der Waals surface area contributed by atoms with Crippen LogP contribution in [0.5, 0.6) is 0 Å². The van der Waals surface area contributed by atoms with Gasteiger partial charge in [0.25, 0.3) is 0 Å². The number of anilines is 2. The van der Waals surface area contributed by atoms with Gasteiger partial charge in [0.2, 0.25) is 5.91 Å². The van der Waals surface area contributed by atoms with Crippen LogP contribution in [0.3, 0.4) is 0 Å². The molecule has 39 heavy (non-hydrogen) atoms. The minimum atomic E-state index is -1.21. The van der Waals surface area contributed by atoms with Crippen LogP contribution in [0.4, 0.5) is 11.6 Å². The molecule has 1 aliphatic carbocycles. The number of thiazole rings is 1. The maximum Gasteiger partial charge on any atom is 0.309 e. The summed E-state index contributed by atoms with van der Waals surface area (Å²) in [7, 11) is 0. The third-order valence-corrected chi connectivity index (χ3v) is 9.04. The summed E-state index contributed by atoms with van der Waals surface area (Å²) in [5, 5.41) is 20.4. The van der Waals surface area contributed by atoms with Crippen molar-refractivity contribution in [3.8, 4) is 11.5 Å². The van der Waals surface area contributed by atoms with Gasteiger partial charge in [0.1, 0.15) is 27.8 Å². The zero-order valence-electron chi connectivity index (χ0n) is 22.1. The highest BCUT2D eigenvalue weighted by Crippen LogP contribution is 2.46. The molecule has 4 N–H and O–H groups in total. The standard InChI is InChI=1S/C27H30N8O3S/c1-26(2,25(37)38)11-15-13-39-24(30-15)27(3)17-19(28)31-21(32-20(17)33-23(27)36)18-16-9-6-10-29-22(16)35(34-18)12-14-7-4-5-8-14/h6,9-10,13-14H,4-5,7-8,11-12H2,1-3H3,(H,37,38)(H3,28,31,32,33,36). The van der Waals surface area contributed by atoms with Crippen LogP contribution < -0.4 is 11.1 Å². The molecule has 1 aliphatic heterocycles. The predicted octanol–water partition coefficient (Wildman–Crippen LogP) is 4.03. The van der Waals surface area contributed by atoms with E-state index in [9.17, 15) is 14.7 Å². The van der Waals surface area contributed by atoms with Crippen molar-refractivity contribution in [1.29, 1.82) is 0 Å². The van der Waals surface area contributed by atoms with Crippen LogP contribution in [0.15, 0.2) is 23.7 Å². The minimum absolute atomic E-state index is 0.167. The van der Waals surface area contributed by atoms with Gasteiger partial charge < -0.3 is 16.2 Å². The number of nitrogens with one attached hydrogen (secondary N) is 1. The van der Waals surface area contributed by atoms with E-state index in [1.807, 2.05) is 16.8 Å². The Morgan fingerprint density at radius 3 is 2.79 bits per heavy atom. The molecule has 0 saturated heterocycles. The van der Waals surface area contributed by atoms with Gasteiger partial charge in [0.05, 0.1) is 22.1 Å². The minimum Gasteiger partial charge on any atom is -0.481 e. The quantitative estimate of drug-likeness (QED) is 0.311. The molecule has 12 heteroatoms. The summed E-state index contributed by atoms with van der Waals surface area (Å²) < 4.78 is 1.94. The smallest absolute Gasteiger partial charge is 0.309 e. The summed E-state index contributed by atoms with van der Waals surface area (Å²) in [6, 6.07) is 3.80. The number of nitrogen functional groups attached to an aromatic ring is 1. The fraction of sp³-hybridized carbons (Fsp3) is 0.444. The Kier molecular flexibility index (Phi) is 5.90. The second-order valence-corrected chi connectivity index (χ2v) is 12.2. The normalized spacial score (nSPS) is 19.5. The average molecular weight is 547 g/mol. The van der Waals surface area contributed by atoms with Gasteiger partial charge in [0, 0.05) is 24.5 Å². The maximum atomic E-state index is 13.4. The molecule has 5 heterocycles. The molecule has 0 radical (unpaired) electrons. The highest BCUT2D eigenvalue weighted by molar-refractivity contribution is 7.10. The summed E-state index contributed by atoms with van der Waals surface area (Å²) in [5.74, 6) is 0.161. The number of fused-ring (bicyclic) bond motifs is 2. The lowest BCUT2D eigenvalue weighted by Gasteiger charge is -2.20. The lowest BCUT2D eigenvalue weighted by molar-refractivity contribution is -0.146. The SMILES string of the molecule is CC(C)(Cc1csc(C2(C)C(=O)Nc3nc(-c4nn(CC5CCCC5)c5ncccc45)nc(N)c32)n1)C(=O)O. The molecule has 11 nitrogen and oxygen atoms in total. The van der Waals surface area contributed by atoms with Crippen molar-refractivity contribution < 1.29 is 14.7 Å². The number of aliphatic carboxylic acids is 1. The number of nitrogens with two attached hydrogens (primary N) is 1. The number of carbonyl (C=O) groups excluding carboxylic acids is 1. The lowest BCUT2D eigenvalue weighted by atomic mass is 9.85. The van der Waals surface area contributed by atoms with Crippen molar-refractivity contribution in [1.82, 2.24) is 29.7 Å². The van der Waals surface area contributed by atoms with Crippen LogP contribution in [0.2, 0.25) is 0 Å². The molecule has 0 aromatic carbocycles. The summed E-state index contributed by atoms with van der Waals surface area (Å²) in [5.41, 5.74) is 6.73. The maximum absolute atomic E-state index is 13.4. The van der Waals surface area contributed by atoms with E-state index in [-0.39, 0.29) is 18.1 Å². The first kappa shape index (κ1) is 25.4. The van der Waals surface area contributed by atoms with Crippen molar-refractivity contribution in [3.05, 3.63) is 40.0 Å². The number of hydrogen-bond acceptors (Lipinski definition) is 9.